The van der Waals surface area contributed by atoms with Crippen LogP contribution in [-0.4, -0.2) is 32.0 Å². The SMILES string of the molecule is CC1(NS(=O)(=O)c2ccc(F)c([N+](=O)[O-])c2)CCNC1. The molecule has 20 heavy (non-hydrogen) atoms. The minimum absolute atomic E-state index is 0.321. The molecule has 1 saturated heterocycles. The van der Waals surface area contributed by atoms with E-state index in [2.05, 4.69) is 10.0 Å². The minimum Gasteiger partial charge on any atom is -0.315 e. The van der Waals surface area contributed by atoms with Crippen LogP contribution >= 0.6 is 0 Å². The second-order valence-corrected chi connectivity index (χ2v) is 6.65. The van der Waals surface area contributed by atoms with E-state index in [0.29, 0.717) is 19.5 Å². The highest BCUT2D eigenvalue weighted by molar-refractivity contribution is 7.89. The van der Waals surface area contributed by atoms with Crippen LogP contribution in [0.1, 0.15) is 13.3 Å². The molecular formula is C11H14FN3O4S. The monoisotopic (exact) mass is 303 g/mol. The maximum absolute atomic E-state index is 13.2. The van der Waals surface area contributed by atoms with Crippen molar-refractivity contribution in [3.63, 3.8) is 0 Å². The Balaban J connectivity index is 2.34. The van der Waals surface area contributed by atoms with Gasteiger partial charge in [-0.25, -0.2) is 13.1 Å². The molecule has 0 spiro atoms. The summed E-state index contributed by atoms with van der Waals surface area (Å²) in [5.74, 6) is -1.07. The summed E-state index contributed by atoms with van der Waals surface area (Å²) < 4.78 is 40.1. The maximum Gasteiger partial charge on any atom is 0.306 e. The first-order valence-corrected chi connectivity index (χ1v) is 7.40. The van der Waals surface area contributed by atoms with Gasteiger partial charge in [0.1, 0.15) is 0 Å². The third-order valence-corrected chi connectivity index (χ3v) is 4.81. The van der Waals surface area contributed by atoms with Crippen molar-refractivity contribution >= 4 is 15.7 Å². The molecule has 1 aliphatic rings. The highest BCUT2D eigenvalue weighted by atomic mass is 32.2. The fourth-order valence-electron chi connectivity index (χ4n) is 2.09. The Bertz CT molecular complexity index is 641. The van der Waals surface area contributed by atoms with Gasteiger partial charge in [0.25, 0.3) is 0 Å². The van der Waals surface area contributed by atoms with Gasteiger partial charge in [0.2, 0.25) is 15.8 Å². The van der Waals surface area contributed by atoms with Gasteiger partial charge in [-0.15, -0.1) is 0 Å². The fraction of sp³-hybridized carbons (Fsp3) is 0.455. The lowest BCUT2D eigenvalue weighted by molar-refractivity contribution is -0.387. The number of hydrogen-bond acceptors (Lipinski definition) is 5. The van der Waals surface area contributed by atoms with Gasteiger partial charge in [0, 0.05) is 18.2 Å². The summed E-state index contributed by atoms with van der Waals surface area (Å²) in [7, 11) is -3.94. The number of nitro groups is 1. The zero-order chi connectivity index (χ0) is 15.0. The summed E-state index contributed by atoms with van der Waals surface area (Å²) >= 11 is 0. The van der Waals surface area contributed by atoms with Crippen LogP contribution < -0.4 is 10.0 Å². The van der Waals surface area contributed by atoms with Crippen molar-refractivity contribution in [2.24, 2.45) is 0 Å². The zero-order valence-electron chi connectivity index (χ0n) is 10.7. The molecule has 0 aliphatic carbocycles. The zero-order valence-corrected chi connectivity index (χ0v) is 11.5. The summed E-state index contributed by atoms with van der Waals surface area (Å²) in [6, 6.07) is 2.52. The number of hydrogen-bond donors (Lipinski definition) is 2. The van der Waals surface area contributed by atoms with Gasteiger partial charge in [-0.05, 0) is 32.0 Å². The molecule has 0 aromatic heterocycles. The van der Waals surface area contributed by atoms with Crippen LogP contribution in [-0.2, 0) is 10.0 Å². The Morgan fingerprint density at radius 3 is 2.75 bits per heavy atom. The first-order valence-electron chi connectivity index (χ1n) is 5.92. The number of nitrogens with zero attached hydrogens (tertiary/aromatic N) is 1. The molecule has 1 aliphatic heterocycles. The molecule has 1 aromatic carbocycles. The Kier molecular flexibility index (Phi) is 3.76. The van der Waals surface area contributed by atoms with E-state index in [9.17, 15) is 22.9 Å². The van der Waals surface area contributed by atoms with Crippen LogP contribution in [0.5, 0.6) is 0 Å². The molecule has 110 valence electrons. The largest absolute Gasteiger partial charge is 0.315 e. The molecule has 1 aromatic rings. The molecular weight excluding hydrogens is 289 g/mol. The van der Waals surface area contributed by atoms with E-state index in [1.807, 2.05) is 0 Å². The minimum atomic E-state index is -3.94. The Labute approximate surface area is 115 Å². The molecule has 0 radical (unpaired) electrons. The normalized spacial score (nSPS) is 22.9. The first kappa shape index (κ1) is 14.8. The second-order valence-electron chi connectivity index (χ2n) is 4.96. The number of sulfonamides is 1. The number of nitro benzene ring substituents is 1. The molecule has 0 bridgehead atoms. The summed E-state index contributed by atoms with van der Waals surface area (Å²) in [6.07, 6.45) is 0.607. The van der Waals surface area contributed by atoms with Crippen molar-refractivity contribution in [2.45, 2.75) is 23.8 Å². The number of nitrogens with one attached hydrogen (secondary N) is 2. The molecule has 0 amide bonds. The van der Waals surface area contributed by atoms with E-state index in [-0.39, 0.29) is 4.90 Å². The molecule has 1 fully saturated rings. The predicted octanol–water partition coefficient (Wildman–Crippen LogP) is 0.764. The van der Waals surface area contributed by atoms with Crippen LogP contribution in [0, 0.1) is 15.9 Å². The van der Waals surface area contributed by atoms with Crippen LogP contribution in [0.4, 0.5) is 10.1 Å². The summed E-state index contributed by atoms with van der Waals surface area (Å²) in [5, 5.41) is 13.7. The molecule has 1 heterocycles. The molecule has 0 saturated carbocycles. The van der Waals surface area contributed by atoms with E-state index >= 15 is 0 Å². The van der Waals surface area contributed by atoms with Gasteiger partial charge in [0.15, 0.2) is 0 Å². The second kappa shape index (κ2) is 5.08. The third-order valence-electron chi connectivity index (χ3n) is 3.17. The van der Waals surface area contributed by atoms with Crippen molar-refractivity contribution in [2.75, 3.05) is 13.1 Å². The summed E-state index contributed by atoms with van der Waals surface area (Å²) in [5.41, 5.74) is -1.51. The van der Waals surface area contributed by atoms with Crippen LogP contribution in [0.3, 0.4) is 0 Å². The van der Waals surface area contributed by atoms with E-state index < -0.39 is 32.0 Å². The lowest BCUT2D eigenvalue weighted by Crippen LogP contribution is -2.47. The van der Waals surface area contributed by atoms with Gasteiger partial charge < -0.3 is 5.32 Å². The molecule has 1 unspecified atom stereocenters. The average Bonchev–Trinajstić information content (AvgIpc) is 2.74. The van der Waals surface area contributed by atoms with E-state index in [1.165, 1.54) is 0 Å². The van der Waals surface area contributed by atoms with Gasteiger partial charge in [-0.1, -0.05) is 0 Å². The lowest BCUT2D eigenvalue weighted by atomic mass is 10.0. The van der Waals surface area contributed by atoms with Gasteiger partial charge in [0.05, 0.1) is 9.82 Å². The van der Waals surface area contributed by atoms with Crippen molar-refractivity contribution in [1.82, 2.24) is 10.0 Å². The fourth-order valence-corrected chi connectivity index (χ4v) is 3.54. The maximum atomic E-state index is 13.2. The molecule has 9 heteroatoms. The third kappa shape index (κ3) is 2.94. The Morgan fingerprint density at radius 2 is 2.20 bits per heavy atom. The number of halogens is 1. The Hall–Kier alpha value is -1.58. The molecule has 1 atom stereocenters. The van der Waals surface area contributed by atoms with E-state index in [1.54, 1.807) is 6.92 Å². The topological polar surface area (TPSA) is 101 Å². The van der Waals surface area contributed by atoms with Crippen molar-refractivity contribution in [3.8, 4) is 0 Å². The van der Waals surface area contributed by atoms with Crippen LogP contribution in [0.25, 0.3) is 0 Å². The van der Waals surface area contributed by atoms with Crippen molar-refractivity contribution < 1.29 is 17.7 Å². The Morgan fingerprint density at radius 1 is 1.50 bits per heavy atom. The smallest absolute Gasteiger partial charge is 0.306 e. The molecule has 2 N–H and O–H groups in total. The number of rotatable bonds is 4. The van der Waals surface area contributed by atoms with E-state index in [0.717, 1.165) is 18.2 Å². The predicted molar refractivity (Wildman–Crippen MR) is 69.3 cm³/mol. The van der Waals surface area contributed by atoms with Gasteiger partial charge >= 0.3 is 5.69 Å². The highest BCUT2D eigenvalue weighted by Gasteiger charge is 2.34. The van der Waals surface area contributed by atoms with Crippen molar-refractivity contribution in [3.05, 3.63) is 34.1 Å². The highest BCUT2D eigenvalue weighted by Crippen LogP contribution is 2.23. The average molecular weight is 303 g/mol. The lowest BCUT2D eigenvalue weighted by Gasteiger charge is -2.24. The van der Waals surface area contributed by atoms with Gasteiger partial charge in [-0.2, -0.15) is 4.39 Å². The standard InChI is InChI=1S/C11H14FN3O4S/c1-11(4-5-13-7-11)14-20(18,19)8-2-3-9(12)10(6-8)15(16)17/h2-3,6,13-14H,4-5,7H2,1H3. The van der Waals surface area contributed by atoms with Crippen LogP contribution in [0.2, 0.25) is 0 Å². The number of benzene rings is 1. The quantitative estimate of drug-likeness (QED) is 0.632. The van der Waals surface area contributed by atoms with E-state index in [4.69, 9.17) is 0 Å². The summed E-state index contributed by atoms with van der Waals surface area (Å²) in [4.78, 5) is 9.38. The molecule has 7 nitrogen and oxygen atoms in total. The molecule has 2 rings (SSSR count). The van der Waals surface area contributed by atoms with Crippen LogP contribution in [0.15, 0.2) is 23.1 Å². The van der Waals surface area contributed by atoms with Gasteiger partial charge in [-0.3, -0.25) is 10.1 Å². The van der Waals surface area contributed by atoms with Crippen molar-refractivity contribution in [1.29, 1.82) is 0 Å². The summed E-state index contributed by atoms with van der Waals surface area (Å²) in [6.45, 7) is 2.89. The first-order chi connectivity index (χ1) is 9.23.